The normalized spacial score (nSPS) is 18.7. The van der Waals surface area contributed by atoms with Gasteiger partial charge in [-0.3, -0.25) is 0 Å². The highest BCUT2D eigenvalue weighted by Gasteiger charge is 2.51. The minimum atomic E-state index is -3.47. The Morgan fingerprint density at radius 1 is 1.15 bits per heavy atom. The van der Waals surface area contributed by atoms with Gasteiger partial charge in [0.25, 0.3) is 0 Å². The average Bonchev–Trinajstić information content (AvgIpc) is 2.90. The van der Waals surface area contributed by atoms with E-state index in [-0.39, 0.29) is 6.61 Å². The molecule has 0 aliphatic heterocycles. The molecule has 0 saturated carbocycles. The summed E-state index contributed by atoms with van der Waals surface area (Å²) in [6, 6.07) is 15.3. The highest BCUT2D eigenvalue weighted by molar-refractivity contribution is 5.92. The number of rotatable bonds is 5. The zero-order chi connectivity index (χ0) is 18.7. The van der Waals surface area contributed by atoms with Crippen LogP contribution < -0.4 is 4.74 Å². The molecule has 3 rings (SSSR count). The largest absolute Gasteiger partial charge is 0.506 e. The molecule has 0 spiro atoms. The molecule has 6 heteroatoms. The quantitative estimate of drug-likeness (QED) is 0.805. The molecule has 0 bridgehead atoms. The lowest BCUT2D eigenvalue weighted by molar-refractivity contribution is -0.140. The third kappa shape index (κ3) is 3.54. The first-order valence-electron chi connectivity index (χ1n) is 8.09. The SMILES string of the molecule is COc1ccc(C2CC(F)(F)C(O)=C2C(=O)OCc2ccccc2)cc1. The van der Waals surface area contributed by atoms with Gasteiger partial charge < -0.3 is 14.6 Å². The molecule has 0 fully saturated rings. The van der Waals surface area contributed by atoms with Gasteiger partial charge in [-0.2, -0.15) is 8.78 Å². The van der Waals surface area contributed by atoms with Gasteiger partial charge in [-0.05, 0) is 23.3 Å². The molecule has 0 saturated heterocycles. The molecule has 26 heavy (non-hydrogen) atoms. The van der Waals surface area contributed by atoms with E-state index in [0.29, 0.717) is 11.3 Å². The molecule has 0 aromatic heterocycles. The zero-order valence-electron chi connectivity index (χ0n) is 14.1. The number of esters is 1. The molecule has 1 aliphatic rings. The number of methoxy groups -OCH3 is 1. The van der Waals surface area contributed by atoms with Gasteiger partial charge in [0.1, 0.15) is 12.4 Å². The van der Waals surface area contributed by atoms with E-state index in [1.54, 1.807) is 48.5 Å². The van der Waals surface area contributed by atoms with Crippen molar-refractivity contribution in [3.8, 4) is 5.75 Å². The number of ether oxygens (including phenoxy) is 2. The molecular formula is C20H18F2O4. The van der Waals surface area contributed by atoms with Crippen LogP contribution in [-0.4, -0.2) is 24.1 Å². The summed E-state index contributed by atoms with van der Waals surface area (Å²) in [6.07, 6.45) is -0.680. The lowest BCUT2D eigenvalue weighted by Gasteiger charge is -2.15. The fourth-order valence-electron chi connectivity index (χ4n) is 2.98. The van der Waals surface area contributed by atoms with Crippen LogP contribution >= 0.6 is 0 Å². The fraction of sp³-hybridized carbons (Fsp3) is 0.250. The summed E-state index contributed by atoms with van der Waals surface area (Å²) < 4.78 is 38.3. The summed E-state index contributed by atoms with van der Waals surface area (Å²) in [5, 5.41) is 9.92. The maximum atomic E-state index is 14.1. The Balaban J connectivity index is 1.84. The minimum Gasteiger partial charge on any atom is -0.506 e. The van der Waals surface area contributed by atoms with E-state index in [2.05, 4.69) is 0 Å². The predicted octanol–water partition coefficient (Wildman–Crippen LogP) is 4.37. The minimum absolute atomic E-state index is 0.0582. The van der Waals surface area contributed by atoms with Crippen LogP contribution in [0.15, 0.2) is 65.9 Å². The van der Waals surface area contributed by atoms with Gasteiger partial charge >= 0.3 is 11.9 Å². The van der Waals surface area contributed by atoms with Crippen LogP contribution in [0.1, 0.15) is 23.5 Å². The number of alkyl halides is 2. The molecule has 4 nitrogen and oxygen atoms in total. The Bertz CT molecular complexity index is 813. The van der Waals surface area contributed by atoms with Gasteiger partial charge in [0.2, 0.25) is 0 Å². The van der Waals surface area contributed by atoms with Gasteiger partial charge in [-0.25, -0.2) is 4.79 Å². The first-order chi connectivity index (χ1) is 12.4. The summed E-state index contributed by atoms with van der Waals surface area (Å²) in [7, 11) is 1.50. The smallest absolute Gasteiger partial charge is 0.338 e. The van der Waals surface area contributed by atoms with Crippen molar-refractivity contribution in [2.75, 3.05) is 7.11 Å². The number of carbonyl (C=O) groups excluding carboxylic acids is 1. The predicted molar refractivity (Wildman–Crippen MR) is 91.2 cm³/mol. The topological polar surface area (TPSA) is 55.8 Å². The Labute approximate surface area is 149 Å². The van der Waals surface area contributed by atoms with Crippen molar-refractivity contribution in [3.63, 3.8) is 0 Å². The van der Waals surface area contributed by atoms with Crippen LogP contribution in [-0.2, 0) is 16.1 Å². The highest BCUT2D eigenvalue weighted by atomic mass is 19.3. The van der Waals surface area contributed by atoms with Gasteiger partial charge in [-0.1, -0.05) is 42.5 Å². The first-order valence-corrected chi connectivity index (χ1v) is 8.09. The maximum absolute atomic E-state index is 14.1. The molecule has 2 aromatic rings. The number of halogens is 2. The van der Waals surface area contributed by atoms with E-state index in [4.69, 9.17) is 9.47 Å². The van der Waals surface area contributed by atoms with Crippen LogP contribution in [0.4, 0.5) is 8.78 Å². The lowest BCUT2D eigenvalue weighted by atomic mass is 9.92. The Morgan fingerprint density at radius 3 is 2.42 bits per heavy atom. The monoisotopic (exact) mass is 360 g/mol. The number of hydrogen-bond acceptors (Lipinski definition) is 4. The first kappa shape index (κ1) is 17.9. The van der Waals surface area contributed by atoms with Crippen molar-refractivity contribution >= 4 is 5.97 Å². The van der Waals surface area contributed by atoms with Crippen molar-refractivity contribution in [3.05, 3.63) is 77.1 Å². The van der Waals surface area contributed by atoms with Crippen molar-refractivity contribution in [1.29, 1.82) is 0 Å². The second-order valence-electron chi connectivity index (χ2n) is 6.06. The number of hydrogen-bond donors (Lipinski definition) is 1. The number of carbonyl (C=O) groups is 1. The van der Waals surface area contributed by atoms with Crippen LogP contribution in [0.2, 0.25) is 0 Å². The number of aliphatic hydroxyl groups excluding tert-OH is 1. The van der Waals surface area contributed by atoms with Gasteiger partial charge in [0.15, 0.2) is 5.76 Å². The summed E-state index contributed by atoms with van der Waals surface area (Å²) in [5.41, 5.74) is 0.823. The summed E-state index contributed by atoms with van der Waals surface area (Å²) in [4.78, 5) is 12.4. The van der Waals surface area contributed by atoms with Crippen LogP contribution in [0, 0.1) is 0 Å². The average molecular weight is 360 g/mol. The number of allylic oxidation sites excluding steroid dienone is 1. The molecule has 1 aliphatic carbocycles. The molecular weight excluding hydrogens is 342 g/mol. The van der Waals surface area contributed by atoms with Gasteiger partial charge in [-0.15, -0.1) is 0 Å². The van der Waals surface area contributed by atoms with Gasteiger partial charge in [0, 0.05) is 12.3 Å². The summed E-state index contributed by atoms with van der Waals surface area (Å²) in [6.45, 7) is -0.0582. The van der Waals surface area contributed by atoms with E-state index < -0.39 is 35.6 Å². The number of aliphatic hydroxyl groups is 1. The summed E-state index contributed by atoms with van der Waals surface area (Å²) >= 11 is 0. The van der Waals surface area contributed by atoms with Crippen LogP contribution in [0.5, 0.6) is 5.75 Å². The van der Waals surface area contributed by atoms with Crippen LogP contribution in [0.25, 0.3) is 0 Å². The van der Waals surface area contributed by atoms with Crippen molar-refractivity contribution < 1.29 is 28.2 Å². The second kappa shape index (κ2) is 7.15. The molecule has 0 heterocycles. The highest BCUT2D eigenvalue weighted by Crippen LogP contribution is 2.48. The fourth-order valence-corrected chi connectivity index (χ4v) is 2.98. The van der Waals surface area contributed by atoms with Crippen molar-refractivity contribution in [1.82, 2.24) is 0 Å². The third-order valence-corrected chi connectivity index (χ3v) is 4.36. The third-order valence-electron chi connectivity index (χ3n) is 4.36. The standard InChI is InChI=1S/C20H18F2O4/c1-25-15-9-7-14(8-10-15)16-11-20(21,22)18(23)17(16)19(24)26-12-13-5-3-2-4-6-13/h2-10,16,23H,11-12H2,1H3. The maximum Gasteiger partial charge on any atom is 0.338 e. The van der Waals surface area contributed by atoms with E-state index in [0.717, 1.165) is 5.56 Å². The van der Waals surface area contributed by atoms with E-state index in [1.165, 1.54) is 7.11 Å². The molecule has 1 unspecified atom stereocenters. The Kier molecular flexibility index (Phi) is 4.93. The second-order valence-corrected chi connectivity index (χ2v) is 6.06. The zero-order valence-corrected chi connectivity index (χ0v) is 14.1. The van der Waals surface area contributed by atoms with E-state index in [1.807, 2.05) is 6.07 Å². The molecule has 2 aromatic carbocycles. The molecule has 0 amide bonds. The van der Waals surface area contributed by atoms with Crippen molar-refractivity contribution in [2.45, 2.75) is 24.9 Å². The molecule has 1 N–H and O–H groups in total. The molecule has 136 valence electrons. The number of benzene rings is 2. The van der Waals surface area contributed by atoms with Crippen LogP contribution in [0.3, 0.4) is 0 Å². The molecule has 0 radical (unpaired) electrons. The Morgan fingerprint density at radius 2 is 1.81 bits per heavy atom. The molecule has 1 atom stereocenters. The van der Waals surface area contributed by atoms with E-state index in [9.17, 15) is 18.7 Å². The van der Waals surface area contributed by atoms with Crippen molar-refractivity contribution in [2.24, 2.45) is 0 Å². The summed E-state index contributed by atoms with van der Waals surface area (Å²) in [5.74, 6) is -5.99. The lowest BCUT2D eigenvalue weighted by Crippen LogP contribution is -2.15. The van der Waals surface area contributed by atoms with E-state index >= 15 is 0 Å². The van der Waals surface area contributed by atoms with Gasteiger partial charge in [0.05, 0.1) is 12.7 Å². The Hall–Kier alpha value is -2.89.